The Balaban J connectivity index is 1.98. The van der Waals surface area contributed by atoms with Crippen molar-refractivity contribution in [1.29, 1.82) is 0 Å². The van der Waals surface area contributed by atoms with Crippen molar-refractivity contribution in [3.05, 3.63) is 29.6 Å². The first-order valence-corrected chi connectivity index (χ1v) is 6.59. The minimum atomic E-state index is 0.0629. The summed E-state index contributed by atoms with van der Waals surface area (Å²) in [5, 5.41) is 3.46. The van der Waals surface area contributed by atoms with Crippen molar-refractivity contribution in [2.24, 2.45) is 0 Å². The third-order valence-electron chi connectivity index (χ3n) is 3.49. The van der Waals surface area contributed by atoms with Crippen molar-refractivity contribution in [3.8, 4) is 0 Å². The molecule has 1 amide bonds. The third kappa shape index (κ3) is 3.07. The summed E-state index contributed by atoms with van der Waals surface area (Å²) < 4.78 is 0. The first-order chi connectivity index (χ1) is 8.68. The molecule has 1 aliphatic rings. The lowest BCUT2D eigenvalue weighted by atomic mass is 10.0. The smallest absolute Gasteiger partial charge is 0.255 e. The van der Waals surface area contributed by atoms with E-state index in [-0.39, 0.29) is 5.91 Å². The first kappa shape index (κ1) is 13.0. The lowest BCUT2D eigenvalue weighted by Gasteiger charge is -2.28. The Morgan fingerprint density at radius 2 is 2.39 bits per heavy atom. The zero-order valence-corrected chi connectivity index (χ0v) is 11.1. The van der Waals surface area contributed by atoms with Gasteiger partial charge >= 0.3 is 0 Å². The highest BCUT2D eigenvalue weighted by atomic mass is 16.2. The van der Waals surface area contributed by atoms with Crippen molar-refractivity contribution >= 4 is 5.91 Å². The van der Waals surface area contributed by atoms with E-state index in [0.29, 0.717) is 11.6 Å². The van der Waals surface area contributed by atoms with Gasteiger partial charge in [0.05, 0.1) is 5.56 Å². The molecule has 2 rings (SSSR count). The predicted molar refractivity (Wildman–Crippen MR) is 71.6 cm³/mol. The Bertz CT molecular complexity index is 413. The fourth-order valence-electron chi connectivity index (χ4n) is 2.41. The lowest BCUT2D eigenvalue weighted by molar-refractivity contribution is 0.0774. The monoisotopic (exact) mass is 247 g/mol. The van der Waals surface area contributed by atoms with Crippen LogP contribution >= 0.6 is 0 Å². The number of nitrogens with zero attached hydrogens (tertiary/aromatic N) is 2. The first-order valence-electron chi connectivity index (χ1n) is 6.59. The molecular weight excluding hydrogens is 226 g/mol. The van der Waals surface area contributed by atoms with Crippen LogP contribution < -0.4 is 5.32 Å². The van der Waals surface area contributed by atoms with E-state index >= 15 is 0 Å². The molecule has 1 atom stereocenters. The van der Waals surface area contributed by atoms with E-state index in [9.17, 15) is 4.79 Å². The second kappa shape index (κ2) is 5.96. The highest BCUT2D eigenvalue weighted by molar-refractivity contribution is 5.95. The molecule has 98 valence electrons. The van der Waals surface area contributed by atoms with E-state index in [4.69, 9.17) is 0 Å². The van der Waals surface area contributed by atoms with Crippen LogP contribution in [0.1, 0.15) is 35.3 Å². The van der Waals surface area contributed by atoms with Gasteiger partial charge in [0.15, 0.2) is 0 Å². The van der Waals surface area contributed by atoms with Gasteiger partial charge in [0.1, 0.15) is 0 Å². The molecule has 1 saturated heterocycles. The molecule has 18 heavy (non-hydrogen) atoms. The van der Waals surface area contributed by atoms with Crippen LogP contribution in [0.2, 0.25) is 0 Å². The van der Waals surface area contributed by atoms with Gasteiger partial charge in [-0.25, -0.2) is 0 Å². The average molecular weight is 247 g/mol. The number of nitrogens with one attached hydrogen (secondary N) is 1. The molecule has 0 bridgehead atoms. The van der Waals surface area contributed by atoms with Crippen LogP contribution in [-0.2, 0) is 0 Å². The van der Waals surface area contributed by atoms with Gasteiger partial charge in [0.2, 0.25) is 0 Å². The van der Waals surface area contributed by atoms with Crippen LogP contribution in [0.4, 0.5) is 0 Å². The van der Waals surface area contributed by atoms with E-state index < -0.39 is 0 Å². The van der Waals surface area contributed by atoms with Crippen molar-refractivity contribution in [2.45, 2.75) is 32.2 Å². The van der Waals surface area contributed by atoms with Gasteiger partial charge in [0.25, 0.3) is 5.91 Å². The number of hydrogen-bond acceptors (Lipinski definition) is 3. The Kier molecular flexibility index (Phi) is 4.31. The summed E-state index contributed by atoms with van der Waals surface area (Å²) >= 11 is 0. The Hall–Kier alpha value is -1.42. The molecule has 1 aliphatic heterocycles. The quantitative estimate of drug-likeness (QED) is 0.882. The highest BCUT2D eigenvalue weighted by Crippen LogP contribution is 2.11. The van der Waals surface area contributed by atoms with Gasteiger partial charge < -0.3 is 10.2 Å². The lowest BCUT2D eigenvalue weighted by Crippen LogP contribution is -2.44. The van der Waals surface area contributed by atoms with Gasteiger partial charge in [-0.3, -0.25) is 9.78 Å². The Morgan fingerprint density at radius 1 is 1.56 bits per heavy atom. The fraction of sp³-hybridized carbons (Fsp3) is 0.571. The van der Waals surface area contributed by atoms with Gasteiger partial charge in [0, 0.05) is 31.5 Å². The summed E-state index contributed by atoms with van der Waals surface area (Å²) in [5.41, 5.74) is 1.50. The molecule has 2 heterocycles. The molecule has 4 nitrogen and oxygen atoms in total. The molecule has 1 aromatic rings. The molecule has 1 aromatic heterocycles. The third-order valence-corrected chi connectivity index (χ3v) is 3.49. The van der Waals surface area contributed by atoms with Gasteiger partial charge in [-0.15, -0.1) is 0 Å². The van der Waals surface area contributed by atoms with Gasteiger partial charge in [-0.2, -0.15) is 0 Å². The average Bonchev–Trinajstić information content (AvgIpc) is 2.39. The zero-order chi connectivity index (χ0) is 13.0. The maximum absolute atomic E-state index is 12.3. The standard InChI is InChI=1S/C14H21N3O/c1-11-13(7-5-9-15-11)14(18)17(2)10-12-6-3-4-8-16-12/h5,7,9,12,16H,3-4,6,8,10H2,1-2H3. The highest BCUT2D eigenvalue weighted by Gasteiger charge is 2.19. The van der Waals surface area contributed by atoms with E-state index in [1.807, 2.05) is 26.1 Å². The second-order valence-electron chi connectivity index (χ2n) is 4.97. The fourth-order valence-corrected chi connectivity index (χ4v) is 2.41. The number of likely N-dealkylation sites (N-methyl/N-ethyl adjacent to an activating group) is 1. The van der Waals surface area contributed by atoms with Crippen molar-refractivity contribution < 1.29 is 4.79 Å². The largest absolute Gasteiger partial charge is 0.340 e. The molecule has 1 N–H and O–H groups in total. The number of piperidine rings is 1. The number of hydrogen-bond donors (Lipinski definition) is 1. The summed E-state index contributed by atoms with van der Waals surface area (Å²) in [6, 6.07) is 4.09. The number of aromatic nitrogens is 1. The SMILES string of the molecule is Cc1ncccc1C(=O)N(C)CC1CCCCN1. The maximum Gasteiger partial charge on any atom is 0.255 e. The zero-order valence-electron chi connectivity index (χ0n) is 11.1. The van der Waals surface area contributed by atoms with Crippen LogP contribution in [0.3, 0.4) is 0 Å². The van der Waals surface area contributed by atoms with Crippen molar-refractivity contribution in [2.75, 3.05) is 20.1 Å². The minimum Gasteiger partial charge on any atom is -0.340 e. The summed E-state index contributed by atoms with van der Waals surface area (Å²) in [7, 11) is 1.87. The van der Waals surface area contributed by atoms with E-state index in [2.05, 4.69) is 10.3 Å². The van der Waals surface area contributed by atoms with E-state index in [0.717, 1.165) is 25.2 Å². The molecule has 1 fully saturated rings. The van der Waals surface area contributed by atoms with Gasteiger partial charge in [-0.1, -0.05) is 6.42 Å². The number of amides is 1. The number of pyridine rings is 1. The molecule has 4 heteroatoms. The summed E-state index contributed by atoms with van der Waals surface area (Å²) in [5.74, 6) is 0.0629. The summed E-state index contributed by atoms with van der Waals surface area (Å²) in [6.45, 7) is 3.71. The summed E-state index contributed by atoms with van der Waals surface area (Å²) in [6.07, 6.45) is 5.37. The summed E-state index contributed by atoms with van der Waals surface area (Å²) in [4.78, 5) is 18.3. The molecule has 0 aromatic carbocycles. The molecule has 0 spiro atoms. The molecule has 0 radical (unpaired) electrons. The normalized spacial score (nSPS) is 19.6. The molecule has 0 saturated carbocycles. The minimum absolute atomic E-state index is 0.0629. The number of carbonyl (C=O) groups is 1. The molecular formula is C14H21N3O. The van der Waals surface area contributed by atoms with E-state index in [1.165, 1.54) is 12.8 Å². The van der Waals surface area contributed by atoms with Crippen LogP contribution in [0.25, 0.3) is 0 Å². The predicted octanol–water partition coefficient (Wildman–Crippen LogP) is 1.60. The molecule has 1 unspecified atom stereocenters. The number of carbonyl (C=O) groups excluding carboxylic acids is 1. The second-order valence-corrected chi connectivity index (χ2v) is 4.97. The van der Waals surface area contributed by atoms with Crippen LogP contribution in [0.15, 0.2) is 18.3 Å². The van der Waals surface area contributed by atoms with Crippen LogP contribution in [-0.4, -0.2) is 42.0 Å². The van der Waals surface area contributed by atoms with Gasteiger partial charge in [-0.05, 0) is 38.4 Å². The Morgan fingerprint density at radius 3 is 3.06 bits per heavy atom. The van der Waals surface area contributed by atoms with Crippen molar-refractivity contribution in [1.82, 2.24) is 15.2 Å². The Labute approximate surface area is 108 Å². The van der Waals surface area contributed by atoms with Crippen LogP contribution in [0, 0.1) is 6.92 Å². The van der Waals surface area contributed by atoms with E-state index in [1.54, 1.807) is 11.1 Å². The topological polar surface area (TPSA) is 45.2 Å². The number of aryl methyl sites for hydroxylation is 1. The number of rotatable bonds is 3. The van der Waals surface area contributed by atoms with Crippen molar-refractivity contribution in [3.63, 3.8) is 0 Å². The molecule has 0 aliphatic carbocycles. The van der Waals surface area contributed by atoms with Crippen LogP contribution in [0.5, 0.6) is 0 Å². The maximum atomic E-state index is 12.3.